The third kappa shape index (κ3) is 20.5. The van der Waals surface area contributed by atoms with Gasteiger partial charge in [-0.25, -0.2) is 0 Å². The summed E-state index contributed by atoms with van der Waals surface area (Å²) in [5.41, 5.74) is 17.2. The van der Waals surface area contributed by atoms with Crippen LogP contribution in [0, 0.1) is 142 Å². The average Bonchev–Trinajstić information content (AvgIpc) is 1.62. The summed E-state index contributed by atoms with van der Waals surface area (Å²) in [6, 6.07) is 61.8. The lowest BCUT2D eigenvalue weighted by atomic mass is 9.83. The van der Waals surface area contributed by atoms with Crippen molar-refractivity contribution in [2.45, 2.75) is 279 Å². The van der Waals surface area contributed by atoms with E-state index in [1.807, 2.05) is 0 Å². The Bertz CT molecular complexity index is 5020. The molecule has 26 rings (SSSR count). The molecule has 20 aliphatic rings. The van der Waals surface area contributed by atoms with E-state index in [1.165, 1.54) is 234 Å². The highest BCUT2D eigenvalue weighted by atomic mass is 28.5. The molecular weight excluding hydrogens is 1680 g/mol. The van der Waals surface area contributed by atoms with Crippen LogP contribution in [0.15, 0.2) is 267 Å². The minimum atomic E-state index is -2.07. The topological polar surface area (TPSA) is 27.7 Å². The van der Waals surface area contributed by atoms with Crippen molar-refractivity contribution in [2.24, 2.45) is 142 Å². The molecule has 10 fully saturated rings. The molecule has 132 heavy (non-hydrogen) atoms. The lowest BCUT2D eigenvalue weighted by molar-refractivity contribution is 0.370. The zero-order valence-corrected chi connectivity index (χ0v) is 87.2. The normalized spacial score (nSPS) is 36.7. The van der Waals surface area contributed by atoms with Crippen LogP contribution < -0.4 is 0 Å². The molecule has 20 aliphatic carbocycles. The van der Waals surface area contributed by atoms with Gasteiger partial charge in [-0.15, -0.1) is 0 Å². The largest absolute Gasteiger partial charge is 0.455 e. The minimum Gasteiger partial charge on any atom is -0.455 e. The van der Waals surface area contributed by atoms with E-state index in [0.29, 0.717) is 0 Å². The maximum atomic E-state index is 6.95. The molecule has 30 unspecified atom stereocenters. The van der Waals surface area contributed by atoms with Gasteiger partial charge < -0.3 is 12.3 Å². The van der Waals surface area contributed by atoms with Crippen molar-refractivity contribution in [1.82, 2.24) is 0 Å². The second kappa shape index (κ2) is 37.8. The van der Waals surface area contributed by atoms with Crippen molar-refractivity contribution >= 4 is 41.8 Å². The van der Waals surface area contributed by atoms with Crippen molar-refractivity contribution in [2.75, 3.05) is 0 Å². The second-order valence-electron chi connectivity index (χ2n) is 50.1. The highest BCUT2D eigenvalue weighted by Gasteiger charge is 2.48. The Balaban J connectivity index is 0.0000000971. The molecule has 0 saturated heterocycles. The summed E-state index contributed by atoms with van der Waals surface area (Å²) in [6.45, 7) is 24.3. The lowest BCUT2D eigenvalue weighted by Crippen LogP contribution is -2.52. The van der Waals surface area contributed by atoms with Gasteiger partial charge in [-0.3, -0.25) is 0 Å². The highest BCUT2D eigenvalue weighted by molar-refractivity contribution is 6.88. The molecule has 0 radical (unpaired) electrons. The number of benzene rings is 6. The summed E-state index contributed by atoms with van der Waals surface area (Å²) in [4.78, 5) is 0. The first-order valence-corrected chi connectivity index (χ1v) is 69.6. The van der Waals surface area contributed by atoms with Crippen LogP contribution in [0.4, 0.5) is 0 Å². The summed E-state index contributed by atoms with van der Waals surface area (Å²) < 4.78 is 20.7. The van der Waals surface area contributed by atoms with Crippen molar-refractivity contribution in [3.05, 3.63) is 300 Å². The SMILES string of the molecule is C1=CC2CC1CC2c1ccc(-c2ccc(-c3ccc(C4CC5C=CC4C5)cc3)cc2)cc1.C1=CC2CC1CC2c1ccc(-c2ccc(C3CC4C=CC3C4)cc2)cc1.C1=CC2CC1CC2c1ccc(C2CC3C=CC2C3)cc1.C[Si](C)(CCC1CC2C=CC1C2)O[Si](C)(C)CCC1CC2C=CC1C2.C[Si](C)(CCC1CC2C=CC1C2)O[Si](C)(C)O[Si](C)(C)CCC1CC2C=CC1C2. The Morgan fingerprint density at radius 2 is 0.326 bits per heavy atom. The molecule has 0 aliphatic heterocycles. The number of rotatable bonds is 27. The molecule has 6 aromatic carbocycles. The Morgan fingerprint density at radius 1 is 0.174 bits per heavy atom. The molecule has 10 saturated carbocycles. The lowest BCUT2D eigenvalue weighted by Gasteiger charge is -2.39. The second-order valence-corrected chi connectivity index (χ2v) is 71.4. The van der Waals surface area contributed by atoms with Crippen LogP contribution in [0.1, 0.15) is 223 Å². The van der Waals surface area contributed by atoms with Gasteiger partial charge in [0, 0.05) is 0 Å². The van der Waals surface area contributed by atoms with Gasteiger partial charge in [0.2, 0.25) is 0 Å². The smallest absolute Gasteiger partial charge is 0.311 e. The number of hydrogen-bond acceptors (Lipinski definition) is 3. The van der Waals surface area contributed by atoms with Crippen molar-refractivity contribution in [3.8, 4) is 33.4 Å². The molecule has 30 atom stereocenters. The molecule has 8 heteroatoms. The van der Waals surface area contributed by atoms with Crippen LogP contribution in [0.5, 0.6) is 0 Å². The molecule has 20 bridgehead atoms. The minimum absolute atomic E-state index is 0.736. The van der Waals surface area contributed by atoms with Gasteiger partial charge in [0.05, 0.1) is 0 Å². The summed E-state index contributed by atoms with van der Waals surface area (Å²) in [5, 5.41) is 0. The maximum Gasteiger partial charge on any atom is 0.311 e. The Labute approximate surface area is 803 Å². The predicted octanol–water partition coefficient (Wildman–Crippen LogP) is 34.1. The van der Waals surface area contributed by atoms with Gasteiger partial charge in [-0.05, 0) is 462 Å². The van der Waals surface area contributed by atoms with Crippen LogP contribution >= 0.6 is 0 Å². The number of hydrogen-bond donors (Lipinski definition) is 0. The molecule has 3 nitrogen and oxygen atoms in total. The Morgan fingerprint density at radius 3 is 0.477 bits per heavy atom. The average molecular weight is 1840 g/mol. The predicted molar refractivity (Wildman–Crippen MR) is 568 cm³/mol. The van der Waals surface area contributed by atoms with E-state index < -0.39 is 41.8 Å². The van der Waals surface area contributed by atoms with E-state index in [0.717, 1.165) is 178 Å². The van der Waals surface area contributed by atoms with E-state index in [-0.39, 0.29) is 0 Å². The van der Waals surface area contributed by atoms with Crippen LogP contribution in [0.25, 0.3) is 33.4 Å². The Hall–Kier alpha value is -6.32. The zero-order chi connectivity index (χ0) is 89.8. The zero-order valence-electron chi connectivity index (χ0n) is 82.2. The molecule has 694 valence electrons. The molecule has 0 spiro atoms. The summed E-state index contributed by atoms with van der Waals surface area (Å²) in [5.74, 6) is 25.5. The van der Waals surface area contributed by atoms with Gasteiger partial charge in [0.15, 0.2) is 33.3 Å². The molecule has 6 aromatic rings. The van der Waals surface area contributed by atoms with Gasteiger partial charge >= 0.3 is 8.56 Å². The summed E-state index contributed by atoms with van der Waals surface area (Å²) >= 11 is 0. The first-order chi connectivity index (χ1) is 63.8. The van der Waals surface area contributed by atoms with Crippen molar-refractivity contribution in [1.29, 1.82) is 0 Å². The fourth-order valence-electron chi connectivity index (χ4n) is 31.9. The number of fused-ring (bicyclic) bond motifs is 20. The third-order valence-corrected chi connectivity index (χ3v) is 57.2. The van der Waals surface area contributed by atoms with E-state index in [2.05, 4.69) is 333 Å². The Kier molecular flexibility index (Phi) is 26.0. The van der Waals surface area contributed by atoms with Gasteiger partial charge in [0.25, 0.3) is 0 Å². The van der Waals surface area contributed by atoms with Gasteiger partial charge in [-0.2, -0.15) is 0 Å². The van der Waals surface area contributed by atoms with Crippen LogP contribution in [0.3, 0.4) is 0 Å². The first-order valence-electron chi connectivity index (χ1n) is 54.3. The number of allylic oxidation sites excluding steroid dienone is 20. The van der Waals surface area contributed by atoms with E-state index >= 15 is 0 Å². The quantitative estimate of drug-likeness (QED) is 0.0380. The van der Waals surface area contributed by atoms with Gasteiger partial charge in [0.1, 0.15) is 0 Å². The summed E-state index contributed by atoms with van der Waals surface area (Å²) in [7, 11) is -8.41. The molecular formula is C124H160O3Si5. The summed E-state index contributed by atoms with van der Waals surface area (Å²) in [6.07, 6.45) is 82.8. The van der Waals surface area contributed by atoms with Gasteiger partial charge in [-0.1, -0.05) is 293 Å². The van der Waals surface area contributed by atoms with E-state index in [9.17, 15) is 0 Å². The van der Waals surface area contributed by atoms with E-state index in [4.69, 9.17) is 12.3 Å². The van der Waals surface area contributed by atoms with Crippen molar-refractivity contribution < 1.29 is 12.3 Å². The van der Waals surface area contributed by atoms with Crippen LogP contribution in [-0.2, 0) is 12.3 Å². The van der Waals surface area contributed by atoms with Crippen LogP contribution in [0.2, 0.25) is 89.6 Å². The first kappa shape index (κ1) is 90.8. The standard InChI is InChI=1S/C32H30.C26H26.C24H44O2Si3.C22H38OSi2.C20H22/c1-3-29-17-21(1)19-31(29)27-13-9-25(10-14-27)23-5-7-24(8-6-23)26-11-15-28(16-12-26)32-20-22-2-4-30(32)18-22;1-3-23-13-17(1)15-25(23)21-9-5-19(6-10-21)20-7-11-22(12-8-20)26-16-18-2-4-24(26)14-18;1-27(2,13-11-23-17-19-7-9-21(23)15-19)25-29(5,6)26-28(3,4)14-12-24-18-20-8-10-22(24)16-20;1-24(2,11-9-21-15-17-5-7-19(21)13-17)23-25(3,4)12-10-22-16-18-6-8-20(22)14-18;1-3-17-9-13(1)11-19(17)15-5-7-16(8-6-15)20-12-14-2-4-18(20)10-14/h1-16,21-22,29-32H,17-20H2;1-12,17-18,23-26H,13-16H2;7-10,19-24H,11-18H2,1-6H3;5-8,17-22H,9-16H2,1-4H3;1-8,13-14,17-20H,9-12H2. The van der Waals surface area contributed by atoms with E-state index in [1.54, 1.807) is 11.1 Å². The molecule has 0 aromatic heterocycles. The molecule has 0 heterocycles. The maximum absolute atomic E-state index is 6.95. The monoisotopic (exact) mass is 1840 g/mol. The van der Waals surface area contributed by atoms with Crippen LogP contribution in [-0.4, -0.2) is 41.8 Å². The molecule has 0 N–H and O–H groups in total. The third-order valence-electron chi connectivity index (χ3n) is 38.4. The van der Waals surface area contributed by atoms with Crippen molar-refractivity contribution in [3.63, 3.8) is 0 Å². The fraction of sp³-hybridized carbons (Fsp3) is 0.548. The highest BCUT2D eigenvalue weighted by Crippen LogP contribution is 2.58. The molecule has 0 amide bonds. The fourth-order valence-corrected chi connectivity index (χ4v) is 54.9.